The summed E-state index contributed by atoms with van der Waals surface area (Å²) in [5.41, 5.74) is 4.90. The molecule has 10 heteroatoms. The third-order valence-electron chi connectivity index (χ3n) is 4.54. The Morgan fingerprint density at radius 1 is 1.30 bits per heavy atom. The minimum absolute atomic E-state index is 0.203. The number of amides is 4. The molecule has 0 radical (unpaired) electrons. The van der Waals surface area contributed by atoms with Crippen molar-refractivity contribution in [3.05, 3.63) is 0 Å². The van der Waals surface area contributed by atoms with Gasteiger partial charge < -0.3 is 15.8 Å². The number of alkyl carbamates (subject to hydrolysis) is 1. The zero-order valence-electron chi connectivity index (χ0n) is 18.9. The monoisotopic (exact) mass is 444 g/mol. The number of nitrogens with zero attached hydrogens (tertiary/aromatic N) is 2. The molecule has 1 fully saturated rings. The van der Waals surface area contributed by atoms with E-state index in [9.17, 15) is 19.2 Å². The van der Waals surface area contributed by atoms with E-state index in [2.05, 4.69) is 5.32 Å². The second-order valence-electron chi connectivity index (χ2n) is 8.82. The molecular formula is C20H36N4O5S. The summed E-state index contributed by atoms with van der Waals surface area (Å²) in [6, 6.07) is -1.74. The first-order chi connectivity index (χ1) is 13.9. The molecule has 172 valence electrons. The lowest BCUT2D eigenvalue weighted by Gasteiger charge is -2.37. The molecule has 0 spiro atoms. The van der Waals surface area contributed by atoms with Crippen molar-refractivity contribution in [2.45, 2.75) is 78.0 Å². The van der Waals surface area contributed by atoms with Gasteiger partial charge in [-0.1, -0.05) is 13.8 Å². The predicted molar refractivity (Wildman–Crippen MR) is 116 cm³/mol. The number of nitrogens with one attached hydrogen (secondary N) is 1. The van der Waals surface area contributed by atoms with Gasteiger partial charge in [-0.3, -0.25) is 14.4 Å². The SMILES string of the molecule is CSCCC(C(N)=O)N(C(=O)CCC(C)C)N1CC[C@@H](NC(=O)OC(C)(C)C)C1=O. The number of nitrogens with two attached hydrogens (primary N) is 1. The molecule has 30 heavy (non-hydrogen) atoms. The van der Waals surface area contributed by atoms with Crippen LogP contribution in [0.2, 0.25) is 0 Å². The number of primary amides is 1. The first kappa shape index (κ1) is 26.1. The summed E-state index contributed by atoms with van der Waals surface area (Å²) >= 11 is 1.53. The largest absolute Gasteiger partial charge is 0.444 e. The van der Waals surface area contributed by atoms with Crippen LogP contribution in [0, 0.1) is 5.92 Å². The summed E-state index contributed by atoms with van der Waals surface area (Å²) in [7, 11) is 0. The summed E-state index contributed by atoms with van der Waals surface area (Å²) in [5, 5.41) is 5.05. The van der Waals surface area contributed by atoms with Crippen LogP contribution in [0.4, 0.5) is 4.79 Å². The van der Waals surface area contributed by atoms with Crippen molar-refractivity contribution >= 4 is 35.6 Å². The van der Waals surface area contributed by atoms with Crippen molar-refractivity contribution in [3.8, 4) is 0 Å². The summed E-state index contributed by atoms with van der Waals surface area (Å²) in [4.78, 5) is 50.2. The van der Waals surface area contributed by atoms with E-state index in [1.165, 1.54) is 21.8 Å². The van der Waals surface area contributed by atoms with Crippen molar-refractivity contribution in [1.82, 2.24) is 15.3 Å². The normalized spacial score (nSPS) is 17.8. The van der Waals surface area contributed by atoms with Crippen molar-refractivity contribution in [1.29, 1.82) is 0 Å². The average Bonchev–Trinajstić information content (AvgIpc) is 2.94. The Hall–Kier alpha value is -1.97. The lowest BCUT2D eigenvalue weighted by molar-refractivity contribution is -0.168. The number of hydrogen-bond donors (Lipinski definition) is 2. The van der Waals surface area contributed by atoms with Crippen LogP contribution in [0.1, 0.15) is 60.3 Å². The molecule has 1 unspecified atom stereocenters. The van der Waals surface area contributed by atoms with Gasteiger partial charge in [-0.25, -0.2) is 14.8 Å². The molecule has 0 aromatic carbocycles. The third-order valence-corrected chi connectivity index (χ3v) is 5.19. The van der Waals surface area contributed by atoms with E-state index in [4.69, 9.17) is 10.5 Å². The maximum atomic E-state index is 13.0. The lowest BCUT2D eigenvalue weighted by atomic mass is 10.1. The molecule has 1 heterocycles. The molecular weight excluding hydrogens is 408 g/mol. The molecule has 0 bridgehead atoms. The van der Waals surface area contributed by atoms with Gasteiger partial charge in [-0.2, -0.15) is 11.8 Å². The van der Waals surface area contributed by atoms with Crippen LogP contribution in [-0.4, -0.2) is 70.1 Å². The maximum Gasteiger partial charge on any atom is 0.408 e. The van der Waals surface area contributed by atoms with Crippen molar-refractivity contribution in [2.75, 3.05) is 18.6 Å². The molecule has 9 nitrogen and oxygen atoms in total. The van der Waals surface area contributed by atoms with Crippen LogP contribution in [0.15, 0.2) is 0 Å². The summed E-state index contributed by atoms with van der Waals surface area (Å²) in [6.45, 7) is 9.39. The Bertz CT molecular complexity index is 635. The Balaban J connectivity index is 3.03. The highest BCUT2D eigenvalue weighted by Crippen LogP contribution is 2.22. The molecule has 0 aromatic rings. The maximum absolute atomic E-state index is 13.0. The lowest BCUT2D eigenvalue weighted by Crippen LogP contribution is -2.58. The Morgan fingerprint density at radius 3 is 2.43 bits per heavy atom. The fourth-order valence-electron chi connectivity index (χ4n) is 3.08. The van der Waals surface area contributed by atoms with Crippen molar-refractivity contribution < 1.29 is 23.9 Å². The van der Waals surface area contributed by atoms with Gasteiger partial charge in [0.1, 0.15) is 17.7 Å². The second kappa shape index (κ2) is 11.4. The fraction of sp³-hybridized carbons (Fsp3) is 0.800. The van der Waals surface area contributed by atoms with Crippen LogP contribution in [0.5, 0.6) is 0 Å². The number of hydrazine groups is 1. The molecule has 1 aliphatic rings. The second-order valence-corrected chi connectivity index (χ2v) is 9.80. The number of ether oxygens (including phenoxy) is 1. The van der Waals surface area contributed by atoms with E-state index in [1.54, 1.807) is 20.8 Å². The quantitative estimate of drug-likeness (QED) is 0.531. The number of thioether (sulfide) groups is 1. The van der Waals surface area contributed by atoms with E-state index < -0.39 is 35.6 Å². The minimum atomic E-state index is -0.915. The Labute approximate surface area is 183 Å². The number of hydrogen-bond acceptors (Lipinski definition) is 6. The van der Waals surface area contributed by atoms with Crippen molar-refractivity contribution in [2.24, 2.45) is 11.7 Å². The van der Waals surface area contributed by atoms with Crippen LogP contribution in [0.25, 0.3) is 0 Å². The predicted octanol–water partition coefficient (Wildman–Crippen LogP) is 1.90. The van der Waals surface area contributed by atoms with Crippen molar-refractivity contribution in [3.63, 3.8) is 0 Å². The molecule has 0 saturated carbocycles. The standard InChI is InChI=1S/C20H36N4O5S/c1-13(2)7-8-16(25)24(15(17(21)26)10-12-30-6)23-11-9-14(18(23)27)22-19(28)29-20(3,4)5/h13-15H,7-12H2,1-6H3,(H2,21,26)(H,22,28)/t14-,15?/m1/s1. The molecule has 0 aliphatic carbocycles. The zero-order valence-corrected chi connectivity index (χ0v) is 19.7. The van der Waals surface area contributed by atoms with E-state index >= 15 is 0 Å². The van der Waals surface area contributed by atoms with Gasteiger partial charge in [0, 0.05) is 13.0 Å². The van der Waals surface area contributed by atoms with E-state index in [-0.39, 0.29) is 18.9 Å². The third kappa shape index (κ3) is 8.04. The highest BCUT2D eigenvalue weighted by Gasteiger charge is 2.42. The van der Waals surface area contributed by atoms with E-state index in [0.717, 1.165) is 0 Å². The summed E-state index contributed by atoms with van der Waals surface area (Å²) in [5.74, 6) is -0.513. The summed E-state index contributed by atoms with van der Waals surface area (Å²) < 4.78 is 5.22. The van der Waals surface area contributed by atoms with Gasteiger partial charge >= 0.3 is 6.09 Å². The van der Waals surface area contributed by atoms with Crippen LogP contribution < -0.4 is 11.1 Å². The van der Waals surface area contributed by atoms with E-state index in [1.807, 2.05) is 20.1 Å². The van der Waals surface area contributed by atoms with Gasteiger partial charge in [-0.15, -0.1) is 0 Å². The van der Waals surface area contributed by atoms with Gasteiger partial charge in [-0.05, 0) is 58.0 Å². The van der Waals surface area contributed by atoms with Crippen LogP contribution in [0.3, 0.4) is 0 Å². The number of carbonyl (C=O) groups excluding carboxylic acids is 4. The number of carbonyl (C=O) groups is 4. The Morgan fingerprint density at radius 2 is 1.93 bits per heavy atom. The summed E-state index contributed by atoms with van der Waals surface area (Å²) in [6.07, 6.45) is 2.68. The van der Waals surface area contributed by atoms with Crippen LogP contribution in [-0.2, 0) is 19.1 Å². The molecule has 2 atom stereocenters. The molecule has 4 amide bonds. The molecule has 3 N–H and O–H groups in total. The average molecular weight is 445 g/mol. The highest BCUT2D eigenvalue weighted by atomic mass is 32.2. The molecule has 1 saturated heterocycles. The van der Waals surface area contributed by atoms with Gasteiger partial charge in [0.15, 0.2) is 0 Å². The fourth-order valence-corrected chi connectivity index (χ4v) is 3.54. The zero-order chi connectivity index (χ0) is 23.1. The smallest absolute Gasteiger partial charge is 0.408 e. The van der Waals surface area contributed by atoms with Crippen LogP contribution >= 0.6 is 11.8 Å². The number of rotatable bonds is 10. The van der Waals surface area contributed by atoms with Gasteiger partial charge in [0.05, 0.1) is 0 Å². The topological polar surface area (TPSA) is 122 Å². The molecule has 0 aromatic heterocycles. The van der Waals surface area contributed by atoms with Gasteiger partial charge in [0.25, 0.3) is 5.91 Å². The van der Waals surface area contributed by atoms with E-state index in [0.29, 0.717) is 30.9 Å². The molecule has 1 rings (SSSR count). The highest BCUT2D eigenvalue weighted by molar-refractivity contribution is 7.98. The first-order valence-electron chi connectivity index (χ1n) is 10.3. The minimum Gasteiger partial charge on any atom is -0.444 e. The molecule has 1 aliphatic heterocycles. The first-order valence-corrected chi connectivity index (χ1v) is 11.7. The Kier molecular flexibility index (Phi) is 9.93. The van der Waals surface area contributed by atoms with Gasteiger partial charge in [0.2, 0.25) is 11.8 Å².